The minimum atomic E-state index is -3.92. The van der Waals surface area contributed by atoms with Gasteiger partial charge < -0.3 is 4.74 Å². The summed E-state index contributed by atoms with van der Waals surface area (Å²) >= 11 is 0. The van der Waals surface area contributed by atoms with Crippen molar-refractivity contribution in [1.29, 1.82) is 0 Å². The third-order valence-corrected chi connectivity index (χ3v) is 7.93. The zero-order valence-corrected chi connectivity index (χ0v) is 20.2. The summed E-state index contributed by atoms with van der Waals surface area (Å²) in [6, 6.07) is 14.4. The second kappa shape index (κ2) is 7.96. The number of esters is 1. The van der Waals surface area contributed by atoms with E-state index in [4.69, 9.17) is 4.74 Å². The van der Waals surface area contributed by atoms with Gasteiger partial charge in [0.15, 0.2) is 5.78 Å². The molecule has 0 aliphatic carbocycles. The van der Waals surface area contributed by atoms with E-state index in [0.717, 1.165) is 16.7 Å². The van der Waals surface area contributed by atoms with Gasteiger partial charge in [-0.3, -0.25) is 4.79 Å². The monoisotopic (exact) mass is 462 g/mol. The van der Waals surface area contributed by atoms with Crippen LogP contribution in [0.2, 0.25) is 0 Å². The van der Waals surface area contributed by atoms with Crippen LogP contribution in [0.25, 0.3) is 0 Å². The molecule has 5 nitrogen and oxygen atoms in total. The van der Waals surface area contributed by atoms with Crippen molar-refractivity contribution in [3.63, 3.8) is 0 Å². The molecular weight excluding hydrogens is 436 g/mol. The van der Waals surface area contributed by atoms with E-state index in [1.165, 1.54) is 35.9 Å². The van der Waals surface area contributed by atoms with E-state index in [9.17, 15) is 18.0 Å². The number of sulfone groups is 1. The number of hydrogen-bond donors (Lipinski definition) is 0. The van der Waals surface area contributed by atoms with E-state index >= 15 is 0 Å². The summed E-state index contributed by atoms with van der Waals surface area (Å²) in [5, 5.41) is 0. The molecule has 0 saturated carbocycles. The average molecular weight is 463 g/mol. The van der Waals surface area contributed by atoms with Crippen molar-refractivity contribution < 1.29 is 22.7 Å². The minimum absolute atomic E-state index is 0.00933. The van der Waals surface area contributed by atoms with Gasteiger partial charge in [0.2, 0.25) is 9.84 Å². The molecule has 0 atom stereocenters. The van der Waals surface area contributed by atoms with Crippen LogP contribution in [-0.2, 0) is 26.6 Å². The Morgan fingerprint density at radius 2 is 1.48 bits per heavy atom. The van der Waals surface area contributed by atoms with Gasteiger partial charge in [0.05, 0.1) is 15.4 Å². The molecule has 6 heteroatoms. The summed E-state index contributed by atoms with van der Waals surface area (Å²) in [6.07, 6.45) is 0. The Morgan fingerprint density at radius 1 is 0.879 bits per heavy atom. The highest BCUT2D eigenvalue weighted by Gasteiger charge is 2.35. The zero-order valence-electron chi connectivity index (χ0n) is 19.4. The highest BCUT2D eigenvalue weighted by molar-refractivity contribution is 7.91. The van der Waals surface area contributed by atoms with Crippen LogP contribution in [0.3, 0.4) is 0 Å². The maximum absolute atomic E-state index is 13.1. The predicted molar refractivity (Wildman–Crippen MR) is 126 cm³/mol. The molecule has 3 aromatic carbocycles. The highest BCUT2D eigenvalue weighted by Crippen LogP contribution is 2.35. The Morgan fingerprint density at radius 3 is 2.12 bits per heavy atom. The summed E-state index contributed by atoms with van der Waals surface area (Å²) in [4.78, 5) is 25.4. The van der Waals surface area contributed by atoms with E-state index in [-0.39, 0.29) is 44.3 Å². The lowest BCUT2D eigenvalue weighted by Gasteiger charge is -2.22. The lowest BCUT2D eigenvalue weighted by atomic mass is 9.84. The number of rotatable bonds is 3. The first-order valence-corrected chi connectivity index (χ1v) is 12.2. The summed E-state index contributed by atoms with van der Waals surface area (Å²) in [7, 11) is -3.92. The van der Waals surface area contributed by atoms with Gasteiger partial charge in [-0.15, -0.1) is 0 Å². The Bertz CT molecular complexity index is 1390. The van der Waals surface area contributed by atoms with Crippen LogP contribution in [0.15, 0.2) is 64.4 Å². The van der Waals surface area contributed by atoms with Gasteiger partial charge >= 0.3 is 5.97 Å². The van der Waals surface area contributed by atoms with Crippen LogP contribution in [-0.4, -0.2) is 20.2 Å². The maximum atomic E-state index is 13.1. The molecule has 4 rings (SSSR count). The third kappa shape index (κ3) is 4.00. The molecule has 0 spiro atoms. The van der Waals surface area contributed by atoms with Crippen molar-refractivity contribution in [1.82, 2.24) is 0 Å². The molecule has 0 unspecified atom stereocenters. The number of benzene rings is 3. The Hall–Kier alpha value is -3.25. The van der Waals surface area contributed by atoms with Crippen molar-refractivity contribution >= 4 is 21.6 Å². The average Bonchev–Trinajstić information content (AvgIpc) is 2.76. The molecule has 1 aliphatic rings. The topological polar surface area (TPSA) is 77.5 Å². The van der Waals surface area contributed by atoms with Crippen LogP contribution < -0.4 is 0 Å². The molecule has 33 heavy (non-hydrogen) atoms. The van der Waals surface area contributed by atoms with Gasteiger partial charge in [-0.1, -0.05) is 45.0 Å². The van der Waals surface area contributed by atoms with Crippen molar-refractivity contribution in [3.05, 3.63) is 93.5 Å². The van der Waals surface area contributed by atoms with Crippen molar-refractivity contribution in [2.75, 3.05) is 0 Å². The summed E-state index contributed by atoms with van der Waals surface area (Å²) < 4.78 is 31.7. The number of carbonyl (C=O) groups is 2. The second-order valence-corrected chi connectivity index (χ2v) is 11.3. The molecule has 0 radical (unpaired) electrons. The standard InChI is InChI=1S/C27H26O5S/c1-16-12-19(27(3,4)5)13-17(2)22(16)15-32-26(29)18-10-11-21-24(14-18)33(30,31)23-9-7-6-8-20(23)25(21)28/h6-14H,15H2,1-5H3. The van der Waals surface area contributed by atoms with Crippen molar-refractivity contribution in [2.45, 2.75) is 56.4 Å². The van der Waals surface area contributed by atoms with E-state index in [1.54, 1.807) is 12.1 Å². The van der Waals surface area contributed by atoms with Gasteiger partial charge in [0, 0.05) is 11.1 Å². The van der Waals surface area contributed by atoms with E-state index in [0.29, 0.717) is 0 Å². The fraction of sp³-hybridized carbons (Fsp3) is 0.259. The van der Waals surface area contributed by atoms with Crippen LogP contribution in [0.4, 0.5) is 0 Å². The number of hydrogen-bond acceptors (Lipinski definition) is 5. The largest absolute Gasteiger partial charge is 0.457 e. The van der Waals surface area contributed by atoms with Crippen LogP contribution in [0.5, 0.6) is 0 Å². The number of aryl methyl sites for hydroxylation is 2. The molecule has 0 bridgehead atoms. The normalized spacial score (nSPS) is 14.4. The lowest BCUT2D eigenvalue weighted by molar-refractivity contribution is 0.0471. The number of ketones is 1. The summed E-state index contributed by atoms with van der Waals surface area (Å²) in [6.45, 7) is 10.5. The predicted octanol–water partition coefficient (Wildman–Crippen LogP) is 5.34. The minimum Gasteiger partial charge on any atom is -0.457 e. The molecule has 1 heterocycles. The van der Waals surface area contributed by atoms with Gasteiger partial charge in [-0.25, -0.2) is 13.2 Å². The highest BCUT2D eigenvalue weighted by atomic mass is 32.2. The first-order valence-electron chi connectivity index (χ1n) is 10.7. The van der Waals surface area contributed by atoms with Gasteiger partial charge in [0.1, 0.15) is 6.61 Å². The molecule has 0 aromatic heterocycles. The SMILES string of the molecule is Cc1cc(C(C)(C)C)cc(C)c1COC(=O)c1ccc2c(c1)S(=O)(=O)c1ccccc1C2=O. The maximum Gasteiger partial charge on any atom is 0.338 e. The second-order valence-electron chi connectivity index (χ2n) is 9.45. The summed E-state index contributed by atoms with van der Waals surface area (Å²) in [5.41, 5.74) is 4.50. The van der Waals surface area contributed by atoms with Gasteiger partial charge in [-0.2, -0.15) is 0 Å². The number of ether oxygens (including phenoxy) is 1. The van der Waals surface area contributed by atoms with Gasteiger partial charge in [-0.05, 0) is 71.8 Å². The fourth-order valence-electron chi connectivity index (χ4n) is 4.09. The van der Waals surface area contributed by atoms with Gasteiger partial charge in [0.25, 0.3) is 0 Å². The first-order chi connectivity index (χ1) is 15.4. The third-order valence-electron chi connectivity index (χ3n) is 6.08. The molecule has 0 fully saturated rings. The molecule has 170 valence electrons. The van der Waals surface area contributed by atoms with Crippen molar-refractivity contribution in [2.24, 2.45) is 0 Å². The Balaban J connectivity index is 1.62. The molecule has 3 aromatic rings. The van der Waals surface area contributed by atoms with Crippen LogP contribution in [0.1, 0.15) is 69.3 Å². The smallest absolute Gasteiger partial charge is 0.338 e. The number of carbonyl (C=O) groups excluding carboxylic acids is 2. The first kappa shape index (κ1) is 22.9. The molecule has 0 N–H and O–H groups in total. The molecule has 0 amide bonds. The van der Waals surface area contributed by atoms with Crippen LogP contribution in [0, 0.1) is 13.8 Å². The number of fused-ring (bicyclic) bond motifs is 2. The molecule has 0 saturated heterocycles. The summed E-state index contributed by atoms with van der Waals surface area (Å²) in [5.74, 6) is -1.02. The quantitative estimate of drug-likeness (QED) is 0.384. The van der Waals surface area contributed by atoms with E-state index in [2.05, 4.69) is 32.9 Å². The van der Waals surface area contributed by atoms with E-state index < -0.39 is 15.8 Å². The Labute approximate surface area is 194 Å². The Kier molecular flexibility index (Phi) is 5.53. The lowest BCUT2D eigenvalue weighted by Crippen LogP contribution is -2.21. The zero-order chi connectivity index (χ0) is 24.1. The fourth-order valence-corrected chi connectivity index (χ4v) is 5.76. The van der Waals surface area contributed by atoms with E-state index in [1.807, 2.05) is 13.8 Å². The molecule has 1 aliphatic heterocycles. The van der Waals surface area contributed by atoms with Crippen molar-refractivity contribution in [3.8, 4) is 0 Å². The molecular formula is C27H26O5S. The van der Waals surface area contributed by atoms with Crippen LogP contribution >= 0.6 is 0 Å².